The lowest BCUT2D eigenvalue weighted by Crippen LogP contribution is -2.10. The van der Waals surface area contributed by atoms with Crippen molar-refractivity contribution >= 4 is 21.6 Å². The van der Waals surface area contributed by atoms with Gasteiger partial charge >= 0.3 is 5.69 Å². The number of aliphatic hydroxyl groups is 1. The summed E-state index contributed by atoms with van der Waals surface area (Å²) in [7, 11) is 0. The molecule has 0 aromatic heterocycles. The molecule has 1 N–H and O–H groups in total. The molecule has 0 amide bonds. The minimum atomic E-state index is -0.864. The summed E-state index contributed by atoms with van der Waals surface area (Å²) in [6, 6.07) is 2.98. The second kappa shape index (κ2) is 8.96. The fourth-order valence-electron chi connectivity index (χ4n) is 1.75. The van der Waals surface area contributed by atoms with Crippen LogP contribution in [0.2, 0.25) is 0 Å². The first-order valence-electron chi connectivity index (χ1n) is 6.83. The number of hydrogen-bond donors (Lipinski definition) is 1. The molecule has 0 fully saturated rings. The number of halogens is 1. The molecule has 0 bridgehead atoms. The van der Waals surface area contributed by atoms with E-state index in [1.807, 2.05) is 0 Å². The van der Waals surface area contributed by atoms with E-state index in [4.69, 9.17) is 9.47 Å². The maximum Gasteiger partial charge on any atom is 0.312 e. The summed E-state index contributed by atoms with van der Waals surface area (Å²) in [4.78, 5) is 10.6. The summed E-state index contributed by atoms with van der Waals surface area (Å²) in [5.74, 6) is 0.0947. The van der Waals surface area contributed by atoms with Crippen LogP contribution < -0.4 is 4.74 Å². The van der Waals surface area contributed by atoms with Gasteiger partial charge in [0, 0.05) is 22.7 Å². The monoisotopic (exact) mass is 361 g/mol. The summed E-state index contributed by atoms with van der Waals surface area (Å²) in [6.45, 7) is 4.81. The third-order valence-corrected chi connectivity index (χ3v) is 3.28. The van der Waals surface area contributed by atoms with Gasteiger partial charge < -0.3 is 14.6 Å². The lowest BCUT2D eigenvalue weighted by atomic mass is 10.1. The number of nitrogens with zero attached hydrogens (tertiary/aromatic N) is 1. The largest absolute Gasteiger partial charge is 0.484 e. The number of rotatable bonds is 9. The molecular weight excluding hydrogens is 342 g/mol. The smallest absolute Gasteiger partial charge is 0.312 e. The number of aliphatic hydroxyl groups excluding tert-OH is 1. The minimum Gasteiger partial charge on any atom is -0.484 e. The first-order valence-corrected chi connectivity index (χ1v) is 7.63. The van der Waals surface area contributed by atoms with Gasteiger partial charge in [-0.05, 0) is 19.4 Å². The van der Waals surface area contributed by atoms with Crippen molar-refractivity contribution in [2.75, 3.05) is 19.8 Å². The van der Waals surface area contributed by atoms with Crippen LogP contribution in [0.25, 0.3) is 0 Å². The van der Waals surface area contributed by atoms with Crippen molar-refractivity contribution in [1.82, 2.24) is 0 Å². The van der Waals surface area contributed by atoms with E-state index in [-0.39, 0.29) is 18.0 Å². The topological polar surface area (TPSA) is 81.8 Å². The van der Waals surface area contributed by atoms with E-state index in [1.54, 1.807) is 6.07 Å². The van der Waals surface area contributed by atoms with Crippen molar-refractivity contribution in [1.29, 1.82) is 0 Å². The highest BCUT2D eigenvalue weighted by atomic mass is 79.9. The fourth-order valence-corrected chi connectivity index (χ4v) is 2.22. The molecule has 6 nitrogen and oxygen atoms in total. The molecule has 0 unspecified atom stereocenters. The fraction of sp³-hybridized carbons (Fsp3) is 0.571. The summed E-state index contributed by atoms with van der Waals surface area (Å²) >= 11 is 3.20. The van der Waals surface area contributed by atoms with Crippen LogP contribution in [-0.4, -0.2) is 29.9 Å². The zero-order valence-electron chi connectivity index (χ0n) is 12.2. The van der Waals surface area contributed by atoms with Crippen LogP contribution in [0.1, 0.15) is 38.4 Å². The van der Waals surface area contributed by atoms with Gasteiger partial charge in [-0.3, -0.25) is 10.1 Å². The van der Waals surface area contributed by atoms with Crippen LogP contribution >= 0.6 is 15.9 Å². The van der Waals surface area contributed by atoms with Crippen molar-refractivity contribution in [2.45, 2.75) is 32.8 Å². The van der Waals surface area contributed by atoms with Crippen molar-refractivity contribution in [3.05, 3.63) is 32.3 Å². The number of nitro benzene ring substituents is 1. The molecule has 1 rings (SSSR count). The van der Waals surface area contributed by atoms with Crippen LogP contribution in [0.15, 0.2) is 16.6 Å². The van der Waals surface area contributed by atoms with Gasteiger partial charge in [-0.15, -0.1) is 0 Å². The van der Waals surface area contributed by atoms with Gasteiger partial charge in [0.1, 0.15) is 6.61 Å². The molecule has 0 saturated heterocycles. The third kappa shape index (κ3) is 5.61. The second-order valence-electron chi connectivity index (χ2n) is 4.59. The van der Waals surface area contributed by atoms with Crippen molar-refractivity contribution in [2.24, 2.45) is 0 Å². The highest BCUT2D eigenvalue weighted by molar-refractivity contribution is 9.10. The molecule has 0 aliphatic rings. The normalized spacial score (nSPS) is 12.2. The van der Waals surface area contributed by atoms with Gasteiger partial charge in [-0.2, -0.15) is 0 Å². The van der Waals surface area contributed by atoms with E-state index in [9.17, 15) is 15.2 Å². The number of unbranched alkanes of at least 4 members (excludes halogenated alkanes) is 1. The van der Waals surface area contributed by atoms with E-state index in [0.29, 0.717) is 23.2 Å². The van der Waals surface area contributed by atoms with Gasteiger partial charge in [-0.25, -0.2) is 0 Å². The number of hydrogen-bond acceptors (Lipinski definition) is 5. The minimum absolute atomic E-state index is 0.0947. The van der Waals surface area contributed by atoms with Crippen LogP contribution in [0.3, 0.4) is 0 Å². The van der Waals surface area contributed by atoms with Crippen molar-refractivity contribution in [3.63, 3.8) is 0 Å². The highest BCUT2D eigenvalue weighted by Crippen LogP contribution is 2.37. The van der Waals surface area contributed by atoms with E-state index in [0.717, 1.165) is 12.8 Å². The summed E-state index contributed by atoms with van der Waals surface area (Å²) in [5.41, 5.74) is 0.207. The first-order chi connectivity index (χ1) is 9.97. The van der Waals surface area contributed by atoms with Gasteiger partial charge in [0.15, 0.2) is 0 Å². The molecule has 0 saturated carbocycles. The Morgan fingerprint density at radius 3 is 2.67 bits per heavy atom. The van der Waals surface area contributed by atoms with Gasteiger partial charge in [0.05, 0.1) is 17.6 Å². The average Bonchev–Trinajstić information content (AvgIpc) is 2.42. The lowest BCUT2D eigenvalue weighted by Gasteiger charge is -2.14. The summed E-state index contributed by atoms with van der Waals surface area (Å²) < 4.78 is 11.4. The molecule has 1 atom stereocenters. The zero-order chi connectivity index (χ0) is 15.8. The average molecular weight is 362 g/mol. The van der Waals surface area contributed by atoms with Crippen LogP contribution in [0, 0.1) is 10.1 Å². The molecule has 0 aliphatic heterocycles. The van der Waals surface area contributed by atoms with E-state index >= 15 is 0 Å². The number of nitro groups is 1. The predicted molar refractivity (Wildman–Crippen MR) is 82.7 cm³/mol. The van der Waals surface area contributed by atoms with Crippen molar-refractivity contribution in [3.8, 4) is 5.75 Å². The van der Waals surface area contributed by atoms with Crippen LogP contribution in [-0.2, 0) is 4.74 Å². The van der Waals surface area contributed by atoms with E-state index < -0.39 is 11.0 Å². The second-order valence-corrected chi connectivity index (χ2v) is 5.51. The molecule has 1 aromatic rings. The van der Waals surface area contributed by atoms with Crippen LogP contribution in [0.5, 0.6) is 5.75 Å². The molecular formula is C14H20BrNO5. The Morgan fingerprint density at radius 2 is 2.10 bits per heavy atom. The van der Waals surface area contributed by atoms with Gasteiger partial charge in [0.25, 0.3) is 0 Å². The third-order valence-electron chi connectivity index (χ3n) is 2.83. The Morgan fingerprint density at radius 1 is 1.38 bits per heavy atom. The maximum absolute atomic E-state index is 11.1. The Hall–Kier alpha value is -1.18. The van der Waals surface area contributed by atoms with Gasteiger partial charge in [0.2, 0.25) is 5.75 Å². The van der Waals surface area contributed by atoms with Crippen molar-refractivity contribution < 1.29 is 19.5 Å². The quantitative estimate of drug-likeness (QED) is 0.412. The molecule has 0 spiro atoms. The number of ether oxygens (including phenoxy) is 2. The van der Waals surface area contributed by atoms with E-state index in [2.05, 4.69) is 22.9 Å². The Kier molecular flexibility index (Phi) is 7.63. The predicted octanol–water partition coefficient (Wildman–Crippen LogP) is 3.61. The zero-order valence-corrected chi connectivity index (χ0v) is 13.8. The number of benzene rings is 1. The molecule has 7 heteroatoms. The van der Waals surface area contributed by atoms with Crippen LogP contribution in [0.4, 0.5) is 5.69 Å². The molecule has 0 aliphatic carbocycles. The first kappa shape index (κ1) is 17.9. The Labute approximate surface area is 132 Å². The maximum atomic E-state index is 11.1. The Balaban J connectivity index is 2.80. The Bertz CT molecular complexity index is 479. The van der Waals surface area contributed by atoms with E-state index in [1.165, 1.54) is 13.0 Å². The lowest BCUT2D eigenvalue weighted by molar-refractivity contribution is -0.386. The molecule has 1 aromatic carbocycles. The SMILES string of the molecule is CCCCOCCOc1c([C@@H](C)O)cc(Br)cc1[N+](=O)[O-]. The summed E-state index contributed by atoms with van der Waals surface area (Å²) in [5, 5.41) is 20.9. The standard InChI is InChI=1S/C14H20BrNO5/c1-3-4-5-20-6-7-21-14-12(10(2)17)8-11(15)9-13(14)16(18)19/h8-10,17H,3-7H2,1-2H3/t10-/m1/s1. The molecule has 118 valence electrons. The summed E-state index contributed by atoms with van der Waals surface area (Å²) in [6.07, 6.45) is 1.15. The highest BCUT2D eigenvalue weighted by Gasteiger charge is 2.23. The molecule has 0 radical (unpaired) electrons. The van der Waals surface area contributed by atoms with Gasteiger partial charge in [-0.1, -0.05) is 29.3 Å². The molecule has 21 heavy (non-hydrogen) atoms. The molecule has 0 heterocycles.